The first-order valence-electron chi connectivity index (χ1n) is 10.4. The van der Waals surface area contributed by atoms with Gasteiger partial charge in [-0.25, -0.2) is 4.98 Å². The van der Waals surface area contributed by atoms with Crippen molar-refractivity contribution in [1.82, 2.24) is 9.55 Å². The van der Waals surface area contributed by atoms with Crippen LogP contribution in [-0.4, -0.2) is 22.0 Å². The molecule has 4 aromatic rings. The van der Waals surface area contributed by atoms with Crippen LogP contribution in [0.5, 0.6) is 0 Å². The number of benzene rings is 3. The average Bonchev–Trinajstić information content (AvgIpc) is 3.06. The Balaban J connectivity index is 1.79. The topological polar surface area (TPSA) is 55.2 Å². The van der Waals surface area contributed by atoms with Crippen LogP contribution < -0.4 is 10.5 Å². The number of carbonyl (C=O) groups is 1. The number of anilines is 1. The Kier molecular flexibility index (Phi) is 4.71. The number of hydrogen-bond donors (Lipinski definition) is 0. The Bertz CT molecular complexity index is 1390. The maximum absolute atomic E-state index is 13.4. The number of aromatic nitrogens is 2. The highest BCUT2D eigenvalue weighted by Crippen LogP contribution is 2.37. The van der Waals surface area contributed by atoms with E-state index in [1.165, 1.54) is 0 Å². The zero-order chi connectivity index (χ0) is 21.4. The molecule has 0 radical (unpaired) electrons. The Hall–Kier alpha value is -3.99. The molecule has 5 rings (SSSR count). The van der Waals surface area contributed by atoms with Crippen LogP contribution in [0.2, 0.25) is 0 Å². The van der Waals surface area contributed by atoms with E-state index in [1.807, 2.05) is 72.8 Å². The third-order valence-corrected chi connectivity index (χ3v) is 5.50. The molecule has 1 aromatic heterocycles. The molecule has 152 valence electrons. The highest BCUT2D eigenvalue weighted by Gasteiger charge is 2.31. The lowest BCUT2D eigenvalue weighted by Crippen LogP contribution is -2.27. The van der Waals surface area contributed by atoms with E-state index < -0.39 is 0 Å². The molecule has 2 heterocycles. The van der Waals surface area contributed by atoms with Crippen LogP contribution in [0.1, 0.15) is 24.7 Å². The zero-order valence-corrected chi connectivity index (χ0v) is 17.2. The molecule has 0 saturated heterocycles. The summed E-state index contributed by atoms with van der Waals surface area (Å²) in [6, 6.07) is 24.5. The van der Waals surface area contributed by atoms with E-state index in [1.54, 1.807) is 21.6 Å². The van der Waals surface area contributed by atoms with Gasteiger partial charge >= 0.3 is 0 Å². The summed E-state index contributed by atoms with van der Waals surface area (Å²) < 4.78 is 1.58. The smallest absolute Gasteiger partial charge is 0.266 e. The number of fused-ring (bicyclic) bond motifs is 2. The maximum atomic E-state index is 13.4. The van der Waals surface area contributed by atoms with Gasteiger partial charge in [0.25, 0.3) is 11.5 Å². The summed E-state index contributed by atoms with van der Waals surface area (Å²) in [6.07, 6.45) is 2.61. The van der Waals surface area contributed by atoms with Gasteiger partial charge < -0.3 is 4.90 Å². The van der Waals surface area contributed by atoms with Crippen LogP contribution in [0.3, 0.4) is 0 Å². The van der Waals surface area contributed by atoms with Crippen molar-refractivity contribution in [2.75, 3.05) is 11.4 Å². The van der Waals surface area contributed by atoms with E-state index >= 15 is 0 Å². The molecule has 0 spiro atoms. The third-order valence-electron chi connectivity index (χ3n) is 5.50. The number of nitrogens with zero attached hydrogens (tertiary/aromatic N) is 3. The highest BCUT2D eigenvalue weighted by molar-refractivity contribution is 6.35. The quantitative estimate of drug-likeness (QED) is 0.462. The monoisotopic (exact) mass is 407 g/mol. The summed E-state index contributed by atoms with van der Waals surface area (Å²) in [5.74, 6) is 0.372. The summed E-state index contributed by atoms with van der Waals surface area (Å²) >= 11 is 0. The van der Waals surface area contributed by atoms with Gasteiger partial charge in [-0.2, -0.15) is 0 Å². The predicted molar refractivity (Wildman–Crippen MR) is 124 cm³/mol. The van der Waals surface area contributed by atoms with E-state index in [0.29, 0.717) is 34.5 Å². The summed E-state index contributed by atoms with van der Waals surface area (Å²) in [7, 11) is 0. The van der Waals surface area contributed by atoms with Crippen LogP contribution in [0.15, 0.2) is 83.7 Å². The normalized spacial score (nSPS) is 14.4. The van der Waals surface area contributed by atoms with Crippen molar-refractivity contribution in [2.24, 2.45) is 0 Å². The van der Waals surface area contributed by atoms with Gasteiger partial charge in [-0.15, -0.1) is 0 Å². The minimum Gasteiger partial charge on any atom is -0.308 e. The van der Waals surface area contributed by atoms with Gasteiger partial charge in [0.1, 0.15) is 5.82 Å². The number of amides is 1. The average molecular weight is 407 g/mol. The van der Waals surface area contributed by atoms with Gasteiger partial charge in [-0.3, -0.25) is 14.2 Å². The molecular weight excluding hydrogens is 386 g/mol. The van der Waals surface area contributed by atoms with Crippen molar-refractivity contribution in [1.29, 1.82) is 0 Å². The molecule has 0 aliphatic carbocycles. The van der Waals surface area contributed by atoms with E-state index in [0.717, 1.165) is 17.7 Å². The number of rotatable bonds is 4. The van der Waals surface area contributed by atoms with Crippen molar-refractivity contribution in [3.63, 3.8) is 0 Å². The summed E-state index contributed by atoms with van der Waals surface area (Å²) in [4.78, 5) is 33.3. The minimum absolute atomic E-state index is 0.0648. The van der Waals surface area contributed by atoms with E-state index in [9.17, 15) is 9.59 Å². The number of carbonyl (C=O) groups excluding carboxylic acids is 1. The molecule has 1 aliphatic rings. The largest absolute Gasteiger partial charge is 0.308 e. The molecule has 3 aromatic carbocycles. The van der Waals surface area contributed by atoms with Crippen molar-refractivity contribution in [3.8, 4) is 5.69 Å². The Labute approximate surface area is 179 Å². The maximum Gasteiger partial charge on any atom is 0.266 e. The van der Waals surface area contributed by atoms with Gasteiger partial charge in [-0.1, -0.05) is 55.5 Å². The summed E-state index contributed by atoms with van der Waals surface area (Å²) in [6.45, 7) is 2.69. The molecule has 0 atom stereocenters. The van der Waals surface area contributed by atoms with Crippen LogP contribution in [0.25, 0.3) is 28.2 Å². The van der Waals surface area contributed by atoms with Crippen molar-refractivity contribution in [3.05, 3.63) is 101 Å². The number of para-hydroxylation sites is 3. The van der Waals surface area contributed by atoms with Crippen molar-refractivity contribution < 1.29 is 4.79 Å². The van der Waals surface area contributed by atoms with E-state index in [-0.39, 0.29) is 11.5 Å². The van der Waals surface area contributed by atoms with Crippen LogP contribution in [-0.2, 0) is 4.79 Å². The van der Waals surface area contributed by atoms with Gasteiger partial charge in [0.15, 0.2) is 0 Å². The van der Waals surface area contributed by atoms with E-state index in [2.05, 4.69) is 6.92 Å². The molecule has 0 N–H and O–H groups in total. The lowest BCUT2D eigenvalue weighted by molar-refractivity contribution is -0.113. The van der Waals surface area contributed by atoms with E-state index in [4.69, 9.17) is 4.98 Å². The second-order valence-corrected chi connectivity index (χ2v) is 7.50. The van der Waals surface area contributed by atoms with Crippen molar-refractivity contribution in [2.45, 2.75) is 13.3 Å². The first-order valence-corrected chi connectivity index (χ1v) is 10.4. The summed E-state index contributed by atoms with van der Waals surface area (Å²) in [5, 5.41) is 0.541. The van der Waals surface area contributed by atoms with Crippen molar-refractivity contribution >= 4 is 34.1 Å². The third kappa shape index (κ3) is 3.15. The fourth-order valence-electron chi connectivity index (χ4n) is 4.09. The fraction of sp³-hybridized carbons (Fsp3) is 0.115. The SMILES string of the molecule is CCCN1C(=O)/C(=C/c2nc3ccccc3c(=O)n2-c2ccccc2)c2ccccc21. The van der Waals surface area contributed by atoms with Gasteiger partial charge in [0, 0.05) is 12.1 Å². The second kappa shape index (κ2) is 7.69. The molecule has 0 saturated carbocycles. The Morgan fingerprint density at radius 3 is 2.39 bits per heavy atom. The zero-order valence-electron chi connectivity index (χ0n) is 17.2. The Morgan fingerprint density at radius 1 is 0.871 bits per heavy atom. The molecular formula is C26H21N3O2. The minimum atomic E-state index is -0.159. The molecule has 0 fully saturated rings. The molecule has 0 unspecified atom stereocenters. The second-order valence-electron chi connectivity index (χ2n) is 7.50. The summed E-state index contributed by atoms with van der Waals surface area (Å²) in [5.41, 5.74) is 3.47. The molecule has 5 heteroatoms. The standard InChI is InChI=1S/C26H21N3O2/c1-2-16-28-23-15-9-7-12-19(23)21(25(28)30)17-24-27-22-14-8-6-13-20(22)26(31)29(24)18-10-4-3-5-11-18/h3-15,17H,2,16H2,1H3/b21-17+. The van der Waals surface area contributed by atoms with Crippen LogP contribution in [0, 0.1) is 0 Å². The fourth-order valence-corrected chi connectivity index (χ4v) is 4.09. The Morgan fingerprint density at radius 2 is 1.58 bits per heavy atom. The number of hydrogen-bond acceptors (Lipinski definition) is 3. The lowest BCUT2D eigenvalue weighted by atomic mass is 10.1. The van der Waals surface area contributed by atoms with Crippen LogP contribution >= 0.6 is 0 Å². The van der Waals surface area contributed by atoms with Gasteiger partial charge in [-0.05, 0) is 42.8 Å². The van der Waals surface area contributed by atoms with Gasteiger partial charge in [0.2, 0.25) is 0 Å². The molecule has 31 heavy (non-hydrogen) atoms. The first-order chi connectivity index (χ1) is 15.2. The molecule has 0 bridgehead atoms. The first kappa shape index (κ1) is 19.0. The molecule has 5 nitrogen and oxygen atoms in total. The molecule has 1 aliphatic heterocycles. The highest BCUT2D eigenvalue weighted by atomic mass is 16.2. The van der Waals surface area contributed by atoms with Gasteiger partial charge in [0.05, 0.1) is 27.9 Å². The molecule has 1 amide bonds. The van der Waals surface area contributed by atoms with Crippen LogP contribution in [0.4, 0.5) is 5.69 Å². The lowest BCUT2D eigenvalue weighted by Gasteiger charge is -2.15. The predicted octanol–water partition coefficient (Wildman–Crippen LogP) is 4.68.